The predicted molar refractivity (Wildman–Crippen MR) is 181 cm³/mol. The minimum atomic E-state index is -1.10. The van der Waals surface area contributed by atoms with Crippen molar-refractivity contribution in [2.45, 2.75) is 199 Å². The first-order valence-electron chi connectivity index (χ1n) is 18.2. The Labute approximate surface area is 261 Å². The van der Waals surface area contributed by atoms with Crippen LogP contribution < -0.4 is 5.32 Å². The highest BCUT2D eigenvalue weighted by Crippen LogP contribution is 2.14. The summed E-state index contributed by atoms with van der Waals surface area (Å²) in [6, 6.07) is -0.808. The molecule has 1 amide bonds. The molecule has 5 heteroatoms. The highest BCUT2D eigenvalue weighted by Gasteiger charge is 2.22. The van der Waals surface area contributed by atoms with Crippen molar-refractivity contribution in [2.75, 3.05) is 6.61 Å². The summed E-state index contributed by atoms with van der Waals surface area (Å²) in [5.41, 5.74) is 0. The van der Waals surface area contributed by atoms with E-state index in [1.807, 2.05) is 6.08 Å². The number of allylic oxidation sites excluding steroid dienone is 3. The normalized spacial score (nSPS) is 14.1. The van der Waals surface area contributed by atoms with Gasteiger partial charge in [-0.25, -0.2) is 0 Å². The third-order valence-corrected chi connectivity index (χ3v) is 8.29. The molecule has 0 aromatic rings. The number of carbonyl (C=O) groups excluding carboxylic acids is 1. The Kier molecular flexibility index (Phi) is 31.8. The Morgan fingerprint density at radius 1 is 0.571 bits per heavy atom. The summed E-state index contributed by atoms with van der Waals surface area (Å²) in [7, 11) is 0. The minimum absolute atomic E-state index is 0.374. The summed E-state index contributed by atoms with van der Waals surface area (Å²) >= 11 is 0. The van der Waals surface area contributed by atoms with Crippen LogP contribution >= 0.6 is 0 Å². The maximum Gasteiger partial charge on any atom is 0.249 e. The first-order chi connectivity index (χ1) is 20.6. The van der Waals surface area contributed by atoms with E-state index in [-0.39, 0.29) is 6.61 Å². The topological polar surface area (TPSA) is 89.8 Å². The predicted octanol–water partition coefficient (Wildman–Crippen LogP) is 9.48. The molecule has 0 rings (SSSR count). The second-order valence-electron chi connectivity index (χ2n) is 12.4. The summed E-state index contributed by atoms with van der Waals surface area (Å²) < 4.78 is 0. The zero-order valence-corrected chi connectivity index (χ0v) is 27.9. The van der Waals surface area contributed by atoms with Crippen LogP contribution in [0.2, 0.25) is 0 Å². The maximum atomic E-state index is 12.4. The zero-order chi connectivity index (χ0) is 30.9. The smallest absolute Gasteiger partial charge is 0.249 e. The van der Waals surface area contributed by atoms with Crippen molar-refractivity contribution < 1.29 is 20.1 Å². The quantitative estimate of drug-likeness (QED) is 0.0462. The fourth-order valence-electron chi connectivity index (χ4n) is 5.38. The molecule has 0 spiro atoms. The van der Waals surface area contributed by atoms with Gasteiger partial charge < -0.3 is 20.6 Å². The van der Waals surface area contributed by atoms with Gasteiger partial charge >= 0.3 is 0 Å². The second-order valence-corrected chi connectivity index (χ2v) is 12.4. The Bertz CT molecular complexity index is 621. The highest BCUT2D eigenvalue weighted by atomic mass is 16.3. The molecule has 248 valence electrons. The van der Waals surface area contributed by atoms with E-state index in [0.29, 0.717) is 6.42 Å². The minimum Gasteiger partial charge on any atom is -0.394 e. The average Bonchev–Trinajstić information content (AvgIpc) is 2.99. The lowest BCUT2D eigenvalue weighted by Gasteiger charge is -2.21. The van der Waals surface area contributed by atoms with Crippen LogP contribution in [0.25, 0.3) is 0 Å². The van der Waals surface area contributed by atoms with E-state index in [1.54, 1.807) is 6.08 Å². The lowest BCUT2D eigenvalue weighted by atomic mass is 10.0. The van der Waals surface area contributed by atoms with Gasteiger partial charge in [0.1, 0.15) is 6.10 Å². The lowest BCUT2D eigenvalue weighted by Crippen LogP contribution is -2.48. The molecule has 0 bridgehead atoms. The van der Waals surface area contributed by atoms with Crippen molar-refractivity contribution in [1.82, 2.24) is 5.32 Å². The van der Waals surface area contributed by atoms with Gasteiger partial charge in [0, 0.05) is 0 Å². The van der Waals surface area contributed by atoms with Gasteiger partial charge in [-0.2, -0.15) is 0 Å². The molecule has 0 aromatic heterocycles. The molecule has 0 aromatic carbocycles. The monoisotopic (exact) mass is 594 g/mol. The molecule has 0 saturated carbocycles. The van der Waals surface area contributed by atoms with Crippen LogP contribution in [-0.4, -0.2) is 46.1 Å². The zero-order valence-electron chi connectivity index (χ0n) is 27.9. The molecule has 5 nitrogen and oxygen atoms in total. The summed E-state index contributed by atoms with van der Waals surface area (Å²) in [5, 5.41) is 32.9. The number of hydrogen-bond acceptors (Lipinski definition) is 4. The molecule has 0 aliphatic carbocycles. The van der Waals surface area contributed by atoms with Crippen LogP contribution in [0.3, 0.4) is 0 Å². The van der Waals surface area contributed by atoms with Crippen LogP contribution in [0.15, 0.2) is 24.3 Å². The number of rotatable bonds is 32. The van der Waals surface area contributed by atoms with Crippen LogP contribution in [0.4, 0.5) is 0 Å². The molecule has 0 saturated heterocycles. The number of aliphatic hydroxyl groups excluding tert-OH is 3. The van der Waals surface area contributed by atoms with E-state index >= 15 is 0 Å². The number of aliphatic hydroxyl groups is 3. The highest BCUT2D eigenvalue weighted by molar-refractivity contribution is 5.80. The van der Waals surface area contributed by atoms with E-state index in [9.17, 15) is 20.1 Å². The summed E-state index contributed by atoms with van der Waals surface area (Å²) in [5.74, 6) is -0.514. The Morgan fingerprint density at radius 2 is 0.976 bits per heavy atom. The van der Waals surface area contributed by atoms with Crippen molar-refractivity contribution in [3.63, 3.8) is 0 Å². The Morgan fingerprint density at radius 3 is 1.45 bits per heavy atom. The van der Waals surface area contributed by atoms with Crippen LogP contribution in [0.5, 0.6) is 0 Å². The van der Waals surface area contributed by atoms with Gasteiger partial charge in [-0.05, 0) is 32.1 Å². The molecule has 0 heterocycles. The first kappa shape index (κ1) is 40.8. The van der Waals surface area contributed by atoms with Gasteiger partial charge in [-0.1, -0.05) is 173 Å². The van der Waals surface area contributed by atoms with E-state index in [4.69, 9.17) is 0 Å². The molecular weight excluding hydrogens is 522 g/mol. The van der Waals surface area contributed by atoms with Gasteiger partial charge in [-0.3, -0.25) is 4.79 Å². The van der Waals surface area contributed by atoms with E-state index in [0.717, 1.165) is 38.5 Å². The van der Waals surface area contributed by atoms with Crippen LogP contribution in [0, 0.1) is 0 Å². The van der Waals surface area contributed by atoms with Gasteiger partial charge in [0.05, 0.1) is 18.8 Å². The van der Waals surface area contributed by atoms with Crippen molar-refractivity contribution in [3.05, 3.63) is 24.3 Å². The molecule has 4 N–H and O–H groups in total. The molecule has 0 radical (unpaired) electrons. The number of amides is 1. The van der Waals surface area contributed by atoms with Crippen LogP contribution in [0.1, 0.15) is 181 Å². The van der Waals surface area contributed by atoms with Gasteiger partial charge in [0.2, 0.25) is 5.91 Å². The fourth-order valence-corrected chi connectivity index (χ4v) is 5.38. The summed E-state index contributed by atoms with van der Waals surface area (Å²) in [4.78, 5) is 12.4. The van der Waals surface area contributed by atoms with Crippen molar-refractivity contribution in [3.8, 4) is 0 Å². The second kappa shape index (κ2) is 32.7. The first-order valence-corrected chi connectivity index (χ1v) is 18.2. The third-order valence-electron chi connectivity index (χ3n) is 8.29. The summed E-state index contributed by atoms with van der Waals surface area (Å²) in [6.07, 6.45) is 37.6. The maximum absolute atomic E-state index is 12.4. The van der Waals surface area contributed by atoms with Crippen LogP contribution in [-0.2, 0) is 4.79 Å². The molecule has 0 aliphatic rings. The molecule has 0 fully saturated rings. The average molecular weight is 594 g/mol. The van der Waals surface area contributed by atoms with Gasteiger partial charge in [0.15, 0.2) is 0 Å². The largest absolute Gasteiger partial charge is 0.394 e. The lowest BCUT2D eigenvalue weighted by molar-refractivity contribution is -0.131. The number of carbonyl (C=O) groups is 1. The molecule has 0 unspecified atom stereocenters. The number of hydrogen-bond donors (Lipinski definition) is 4. The molecule has 0 aliphatic heterocycles. The SMILES string of the molecule is CCCCCCCCC/C=C\CC/C=C/[C@@H](O)[C@H](CO)NC(=O)[C@H](O)CCCCCCCCCCCCCCCCC. The van der Waals surface area contributed by atoms with Crippen molar-refractivity contribution >= 4 is 5.91 Å². The molecule has 42 heavy (non-hydrogen) atoms. The van der Waals surface area contributed by atoms with E-state index in [1.165, 1.54) is 122 Å². The Balaban J connectivity index is 3.78. The van der Waals surface area contributed by atoms with Crippen molar-refractivity contribution in [2.24, 2.45) is 0 Å². The van der Waals surface area contributed by atoms with E-state index in [2.05, 4.69) is 31.3 Å². The number of unbranched alkanes of at least 4 members (excludes halogenated alkanes) is 22. The Hall–Kier alpha value is -1.17. The third kappa shape index (κ3) is 27.7. The van der Waals surface area contributed by atoms with E-state index < -0.39 is 24.2 Å². The van der Waals surface area contributed by atoms with Crippen molar-refractivity contribution in [1.29, 1.82) is 0 Å². The summed E-state index contributed by atoms with van der Waals surface area (Å²) in [6.45, 7) is 4.14. The molecule has 3 atom stereocenters. The number of nitrogens with one attached hydrogen (secondary N) is 1. The molecular formula is C37H71NO4. The standard InChI is InChI=1S/C37H71NO4/c1-3-5-7-9-11-13-15-17-18-20-22-24-26-28-30-32-36(41)37(42)38-34(33-39)35(40)31-29-27-25-23-21-19-16-14-12-10-8-6-4-2/h21,23,29,31,34-36,39-41H,3-20,22,24-28,30,32-33H2,1-2H3,(H,38,42)/b23-21-,31-29+/t34-,35+,36+/m0/s1. The van der Waals surface area contributed by atoms with Gasteiger partial charge in [-0.15, -0.1) is 0 Å². The fraction of sp³-hybridized carbons (Fsp3) is 0.865. The van der Waals surface area contributed by atoms with Gasteiger partial charge in [0.25, 0.3) is 0 Å².